The third kappa shape index (κ3) is 5.26. The van der Waals surface area contributed by atoms with Gasteiger partial charge in [0.05, 0.1) is 27.4 Å². The maximum atomic E-state index is 6.33. The van der Waals surface area contributed by atoms with Gasteiger partial charge in [-0.15, -0.1) is 0 Å². The normalized spacial score (nSPS) is 14.7. The van der Waals surface area contributed by atoms with Crippen LogP contribution in [0.1, 0.15) is 22.7 Å². The minimum Gasteiger partial charge on any atom is -0.493 e. The van der Waals surface area contributed by atoms with Gasteiger partial charge >= 0.3 is 0 Å². The molecule has 3 aromatic carbocycles. The van der Waals surface area contributed by atoms with Crippen LogP contribution in [0.5, 0.6) is 23.0 Å². The van der Waals surface area contributed by atoms with Crippen LogP contribution in [0.2, 0.25) is 5.02 Å². The second kappa shape index (κ2) is 11.1. The number of hydrogen-bond acceptors (Lipinski definition) is 5. The fraction of sp³-hybridized carbons (Fsp3) is 0.296. The Bertz CT molecular complexity index is 1220. The molecule has 1 heterocycles. The third-order valence-electron chi connectivity index (χ3n) is 6.24. The number of fused-ring (bicyclic) bond motifs is 1. The van der Waals surface area contributed by atoms with Gasteiger partial charge in [-0.2, -0.15) is 0 Å². The second-order valence-corrected chi connectivity index (χ2v) is 8.96. The van der Waals surface area contributed by atoms with E-state index in [9.17, 15) is 0 Å². The Hall–Kier alpha value is -3.16. The van der Waals surface area contributed by atoms with Gasteiger partial charge in [-0.1, -0.05) is 29.8 Å². The number of para-hydroxylation sites is 2. The number of rotatable bonds is 7. The topological polar surface area (TPSA) is 52.2 Å². The van der Waals surface area contributed by atoms with Gasteiger partial charge in [0.1, 0.15) is 6.61 Å². The molecule has 0 bridgehead atoms. The Morgan fingerprint density at radius 3 is 2.37 bits per heavy atom. The number of thiocarbonyl (C=S) groups is 1. The molecule has 0 radical (unpaired) electrons. The molecule has 0 saturated carbocycles. The standard InChI is InChI=1S/C27H29ClN2O4S/c1-17-20(28)8-7-9-21(17)29-27(35)30-13-12-18-14-25(32-3)26(33-4)15-19(18)22(30)16-34-24-11-6-5-10-23(24)31-2/h5-11,14-15,22H,12-13,16H2,1-4H3,(H,29,35)/t22-/m0/s1. The van der Waals surface area contributed by atoms with E-state index in [0.29, 0.717) is 46.3 Å². The van der Waals surface area contributed by atoms with Gasteiger partial charge in [0.15, 0.2) is 28.1 Å². The maximum Gasteiger partial charge on any atom is 0.174 e. The molecule has 4 rings (SSSR count). The lowest BCUT2D eigenvalue weighted by Gasteiger charge is -2.39. The summed E-state index contributed by atoms with van der Waals surface area (Å²) in [4.78, 5) is 2.15. The Kier molecular flexibility index (Phi) is 7.88. The first-order chi connectivity index (χ1) is 17.0. The summed E-state index contributed by atoms with van der Waals surface area (Å²) in [5.41, 5.74) is 4.08. The van der Waals surface area contributed by atoms with Crippen LogP contribution in [0.3, 0.4) is 0 Å². The molecule has 3 aromatic rings. The van der Waals surface area contributed by atoms with E-state index in [0.717, 1.165) is 23.2 Å². The lowest BCUT2D eigenvalue weighted by Crippen LogP contribution is -2.44. The first-order valence-electron chi connectivity index (χ1n) is 11.3. The molecule has 35 heavy (non-hydrogen) atoms. The Morgan fingerprint density at radius 2 is 1.66 bits per heavy atom. The summed E-state index contributed by atoms with van der Waals surface area (Å²) in [6, 6.07) is 17.3. The van der Waals surface area contributed by atoms with E-state index in [-0.39, 0.29) is 6.04 Å². The summed E-state index contributed by atoms with van der Waals surface area (Å²) < 4.78 is 22.9. The van der Waals surface area contributed by atoms with Crippen molar-refractivity contribution in [1.29, 1.82) is 0 Å². The highest BCUT2D eigenvalue weighted by Crippen LogP contribution is 2.39. The lowest BCUT2D eigenvalue weighted by molar-refractivity contribution is 0.185. The number of halogens is 1. The number of nitrogens with zero attached hydrogens (tertiary/aromatic N) is 1. The van der Waals surface area contributed by atoms with Crippen molar-refractivity contribution in [2.45, 2.75) is 19.4 Å². The zero-order chi connectivity index (χ0) is 24.9. The van der Waals surface area contributed by atoms with Gasteiger partial charge in [-0.25, -0.2) is 0 Å². The van der Waals surface area contributed by atoms with E-state index in [1.165, 1.54) is 5.56 Å². The monoisotopic (exact) mass is 512 g/mol. The summed E-state index contributed by atoms with van der Waals surface area (Å²) in [5.74, 6) is 2.73. The molecule has 0 spiro atoms. The number of ether oxygens (including phenoxy) is 4. The average Bonchev–Trinajstić information content (AvgIpc) is 2.88. The molecular formula is C27H29ClN2O4S. The van der Waals surface area contributed by atoms with Crippen LogP contribution in [0, 0.1) is 6.92 Å². The van der Waals surface area contributed by atoms with E-state index >= 15 is 0 Å². The quantitative estimate of drug-likeness (QED) is 0.387. The molecule has 8 heteroatoms. The summed E-state index contributed by atoms with van der Waals surface area (Å²) in [7, 11) is 4.92. The molecule has 6 nitrogen and oxygen atoms in total. The van der Waals surface area contributed by atoms with E-state index < -0.39 is 0 Å². The van der Waals surface area contributed by atoms with E-state index in [1.807, 2.05) is 61.5 Å². The maximum absolute atomic E-state index is 6.33. The lowest BCUT2D eigenvalue weighted by atomic mass is 9.92. The molecule has 0 aliphatic carbocycles. The second-order valence-electron chi connectivity index (χ2n) is 8.17. The predicted octanol–water partition coefficient (Wildman–Crippen LogP) is 6.05. The smallest absolute Gasteiger partial charge is 0.174 e. The van der Waals surface area contributed by atoms with Crippen LogP contribution in [-0.4, -0.2) is 44.5 Å². The first-order valence-corrected chi connectivity index (χ1v) is 12.1. The van der Waals surface area contributed by atoms with Crippen molar-refractivity contribution in [2.75, 3.05) is 39.8 Å². The minimum atomic E-state index is -0.164. The van der Waals surface area contributed by atoms with Crippen molar-refractivity contribution >= 4 is 34.6 Å². The van der Waals surface area contributed by atoms with E-state index in [1.54, 1.807) is 21.3 Å². The molecule has 1 atom stereocenters. The van der Waals surface area contributed by atoms with Gasteiger partial charge in [0.2, 0.25) is 0 Å². The number of methoxy groups -OCH3 is 3. The molecule has 0 saturated heterocycles. The molecule has 0 amide bonds. The van der Waals surface area contributed by atoms with E-state index in [4.69, 9.17) is 42.8 Å². The van der Waals surface area contributed by atoms with Gasteiger partial charge in [-0.05, 0) is 78.7 Å². The molecule has 0 unspecified atom stereocenters. The highest BCUT2D eigenvalue weighted by Gasteiger charge is 2.32. The number of hydrogen-bond donors (Lipinski definition) is 1. The van der Waals surface area contributed by atoms with Crippen LogP contribution in [0.25, 0.3) is 0 Å². The van der Waals surface area contributed by atoms with Crippen LogP contribution in [0.4, 0.5) is 5.69 Å². The Morgan fingerprint density at radius 1 is 0.971 bits per heavy atom. The largest absolute Gasteiger partial charge is 0.493 e. The molecule has 1 aliphatic heterocycles. The average molecular weight is 513 g/mol. The van der Waals surface area contributed by atoms with Crippen molar-refractivity contribution < 1.29 is 18.9 Å². The zero-order valence-electron chi connectivity index (χ0n) is 20.3. The molecule has 1 N–H and O–H groups in total. The number of nitrogens with one attached hydrogen (secondary N) is 1. The van der Waals surface area contributed by atoms with Crippen LogP contribution in [-0.2, 0) is 6.42 Å². The summed E-state index contributed by atoms with van der Waals surface area (Å²) >= 11 is 12.2. The minimum absolute atomic E-state index is 0.164. The predicted molar refractivity (Wildman–Crippen MR) is 144 cm³/mol. The summed E-state index contributed by atoms with van der Waals surface area (Å²) in [5, 5.41) is 4.68. The highest BCUT2D eigenvalue weighted by atomic mass is 35.5. The van der Waals surface area contributed by atoms with Crippen LogP contribution < -0.4 is 24.3 Å². The van der Waals surface area contributed by atoms with Crippen molar-refractivity contribution in [1.82, 2.24) is 4.90 Å². The molecule has 184 valence electrons. The molecule has 0 aromatic heterocycles. The van der Waals surface area contributed by atoms with Gasteiger partial charge in [0.25, 0.3) is 0 Å². The number of anilines is 1. The molecular weight excluding hydrogens is 484 g/mol. The zero-order valence-corrected chi connectivity index (χ0v) is 21.8. The van der Waals surface area contributed by atoms with Crippen LogP contribution in [0.15, 0.2) is 54.6 Å². The fourth-order valence-corrected chi connectivity index (χ4v) is 4.79. The third-order valence-corrected chi connectivity index (χ3v) is 6.98. The van der Waals surface area contributed by atoms with Gasteiger partial charge in [0, 0.05) is 17.3 Å². The van der Waals surface area contributed by atoms with Gasteiger partial charge in [-0.3, -0.25) is 0 Å². The van der Waals surface area contributed by atoms with Gasteiger partial charge < -0.3 is 29.2 Å². The fourth-order valence-electron chi connectivity index (χ4n) is 4.29. The molecule has 1 aliphatic rings. The highest BCUT2D eigenvalue weighted by molar-refractivity contribution is 7.80. The number of benzene rings is 3. The Labute approximate surface area is 216 Å². The van der Waals surface area contributed by atoms with Crippen molar-refractivity contribution in [3.63, 3.8) is 0 Å². The summed E-state index contributed by atoms with van der Waals surface area (Å²) in [6.45, 7) is 3.05. The summed E-state index contributed by atoms with van der Waals surface area (Å²) in [6.07, 6.45) is 0.803. The Balaban J connectivity index is 1.68. The first kappa shape index (κ1) is 24.9. The van der Waals surface area contributed by atoms with E-state index in [2.05, 4.69) is 10.2 Å². The van der Waals surface area contributed by atoms with Crippen molar-refractivity contribution in [3.05, 3.63) is 76.3 Å². The molecule has 0 fully saturated rings. The van der Waals surface area contributed by atoms with Crippen LogP contribution >= 0.6 is 23.8 Å². The SMILES string of the molecule is COc1cc2c(cc1OC)[C@H](COc1ccccc1OC)N(C(=S)Nc1cccc(Cl)c1C)CC2. The van der Waals surface area contributed by atoms with Crippen molar-refractivity contribution in [2.24, 2.45) is 0 Å². The van der Waals surface area contributed by atoms with Crippen molar-refractivity contribution in [3.8, 4) is 23.0 Å².